The molecule has 2 aliphatic rings. The van der Waals surface area contributed by atoms with Crippen LogP contribution in [0.3, 0.4) is 0 Å². The second kappa shape index (κ2) is 6.79. The van der Waals surface area contributed by atoms with Crippen molar-refractivity contribution in [2.45, 2.75) is 6.92 Å². The lowest BCUT2D eigenvalue weighted by Crippen LogP contribution is -2.07. The highest BCUT2D eigenvalue weighted by molar-refractivity contribution is 9.10. The molecule has 0 bridgehead atoms. The fourth-order valence-corrected chi connectivity index (χ4v) is 2.68. The van der Waals surface area contributed by atoms with E-state index in [2.05, 4.69) is 15.9 Å². The molecule has 0 atom stereocenters. The first-order valence-corrected chi connectivity index (χ1v) is 7.39. The Balaban J connectivity index is 2.84. The van der Waals surface area contributed by atoms with Crippen molar-refractivity contribution in [3.63, 3.8) is 0 Å². The number of esters is 2. The van der Waals surface area contributed by atoms with Gasteiger partial charge in [0.1, 0.15) is 16.9 Å². The molecule has 0 saturated heterocycles. The molecule has 2 rings (SSSR count). The summed E-state index contributed by atoms with van der Waals surface area (Å²) in [6.07, 6.45) is 0. The van der Waals surface area contributed by atoms with E-state index >= 15 is 0 Å². The van der Waals surface area contributed by atoms with E-state index in [4.69, 9.17) is 14.2 Å². The number of ether oxygens (including phenoxy) is 3. The summed E-state index contributed by atoms with van der Waals surface area (Å²) < 4.78 is 16.0. The van der Waals surface area contributed by atoms with Crippen molar-refractivity contribution in [1.29, 1.82) is 0 Å². The van der Waals surface area contributed by atoms with Crippen molar-refractivity contribution < 1.29 is 23.8 Å². The lowest BCUT2D eigenvalue weighted by Gasteiger charge is -2.05. The molecule has 0 radical (unpaired) electrons. The average Bonchev–Trinajstić information content (AvgIpc) is 2.67. The summed E-state index contributed by atoms with van der Waals surface area (Å²) in [4.78, 5) is 24.4. The third-order valence-corrected chi connectivity index (χ3v) is 3.65. The van der Waals surface area contributed by atoms with Crippen molar-refractivity contribution in [3.05, 3.63) is 39.9 Å². The van der Waals surface area contributed by atoms with Gasteiger partial charge in [-0.05, 0) is 19.1 Å². The highest BCUT2D eigenvalue weighted by Gasteiger charge is 2.32. The summed E-state index contributed by atoms with van der Waals surface area (Å²) in [5.41, 5.74) is 1.56. The number of halogens is 1. The van der Waals surface area contributed by atoms with E-state index in [9.17, 15) is 9.59 Å². The average molecular weight is 367 g/mol. The maximum atomic E-state index is 12.3. The Labute approximate surface area is 136 Å². The van der Waals surface area contributed by atoms with E-state index in [1.165, 1.54) is 14.2 Å². The predicted octanol–water partition coefficient (Wildman–Crippen LogP) is 3.53. The summed E-state index contributed by atoms with van der Waals surface area (Å²) in [5, 5.41) is 0. The van der Waals surface area contributed by atoms with Crippen molar-refractivity contribution >= 4 is 27.9 Å². The molecule has 5 nitrogen and oxygen atoms in total. The fourth-order valence-electron chi connectivity index (χ4n) is 2.30. The van der Waals surface area contributed by atoms with E-state index in [-0.39, 0.29) is 23.5 Å². The van der Waals surface area contributed by atoms with Crippen LogP contribution in [-0.2, 0) is 9.47 Å². The molecule has 0 saturated carbocycles. The highest BCUT2D eigenvalue weighted by Crippen LogP contribution is 2.43. The van der Waals surface area contributed by atoms with Crippen LogP contribution in [0.15, 0.2) is 28.7 Å². The van der Waals surface area contributed by atoms with Crippen molar-refractivity contribution in [2.24, 2.45) is 0 Å². The minimum Gasteiger partial charge on any atom is -0.495 e. The number of fused-ring (bicyclic) bond motifs is 1. The molecule has 0 N–H and O–H groups in total. The number of carbonyl (C=O) groups excluding carboxylic acids is 2. The molecule has 22 heavy (non-hydrogen) atoms. The Bertz CT molecular complexity index is 695. The molecular weight excluding hydrogens is 352 g/mol. The molecule has 6 heteroatoms. The standard InChI is InChI=1S/C16H15BrO5/c1-4-22-16(19)12-10-7-5-6-9(17)8-11(10)13(14(12)20-2)15(18)21-3/h5-8H,4H2,1-3H3. The van der Waals surface area contributed by atoms with Crippen molar-refractivity contribution in [2.75, 3.05) is 20.8 Å². The quantitative estimate of drug-likeness (QED) is 0.774. The minimum atomic E-state index is -0.574. The molecule has 0 amide bonds. The normalized spacial score (nSPS) is 10.4. The zero-order chi connectivity index (χ0) is 16.3. The molecule has 2 aliphatic carbocycles. The van der Waals surface area contributed by atoms with Gasteiger partial charge < -0.3 is 14.2 Å². The van der Waals surface area contributed by atoms with Gasteiger partial charge >= 0.3 is 11.9 Å². The second-order valence-corrected chi connectivity index (χ2v) is 5.29. The molecule has 0 unspecified atom stereocenters. The monoisotopic (exact) mass is 366 g/mol. The molecule has 116 valence electrons. The summed E-state index contributed by atoms with van der Waals surface area (Å²) in [6, 6.07) is 7.06. The molecule has 0 fully saturated rings. The van der Waals surface area contributed by atoms with Gasteiger partial charge in [-0.25, -0.2) is 9.59 Å². The van der Waals surface area contributed by atoms with Crippen LogP contribution >= 0.6 is 15.9 Å². The van der Waals surface area contributed by atoms with Gasteiger partial charge in [0.2, 0.25) is 0 Å². The Morgan fingerprint density at radius 2 is 1.77 bits per heavy atom. The molecule has 0 aromatic rings. The number of carbonyl (C=O) groups is 2. The lowest BCUT2D eigenvalue weighted by molar-refractivity contribution is 0.0524. The van der Waals surface area contributed by atoms with Gasteiger partial charge in [0.25, 0.3) is 0 Å². The Kier molecular flexibility index (Phi) is 5.03. The molecule has 0 aromatic heterocycles. The number of hydrogen-bond donors (Lipinski definition) is 0. The first kappa shape index (κ1) is 16.3. The minimum absolute atomic E-state index is 0.165. The molecule has 0 aromatic carbocycles. The van der Waals surface area contributed by atoms with Gasteiger partial charge in [0.15, 0.2) is 0 Å². The van der Waals surface area contributed by atoms with Gasteiger partial charge in [-0.15, -0.1) is 0 Å². The topological polar surface area (TPSA) is 61.8 Å². The van der Waals surface area contributed by atoms with Gasteiger partial charge in [-0.3, -0.25) is 0 Å². The van der Waals surface area contributed by atoms with Crippen molar-refractivity contribution in [1.82, 2.24) is 0 Å². The van der Waals surface area contributed by atoms with Crippen LogP contribution in [0.1, 0.15) is 27.6 Å². The summed E-state index contributed by atoms with van der Waals surface area (Å²) in [6.45, 7) is 1.94. The summed E-state index contributed by atoms with van der Waals surface area (Å²) in [7, 11) is 2.68. The lowest BCUT2D eigenvalue weighted by atomic mass is 10.1. The number of methoxy groups -OCH3 is 2. The van der Waals surface area contributed by atoms with E-state index < -0.39 is 11.9 Å². The van der Waals surface area contributed by atoms with Crippen LogP contribution in [-0.4, -0.2) is 32.8 Å². The van der Waals surface area contributed by atoms with Crippen LogP contribution in [0, 0.1) is 0 Å². The van der Waals surface area contributed by atoms with Gasteiger partial charge in [0, 0.05) is 15.6 Å². The number of hydrogen-bond acceptors (Lipinski definition) is 5. The zero-order valence-corrected chi connectivity index (χ0v) is 14.0. The third-order valence-electron chi connectivity index (χ3n) is 3.16. The maximum absolute atomic E-state index is 12.3. The van der Waals surface area contributed by atoms with E-state index in [1.54, 1.807) is 25.1 Å². The molecule has 0 heterocycles. The smallest absolute Gasteiger partial charge is 0.342 e. The van der Waals surface area contributed by atoms with E-state index in [0.717, 1.165) is 4.47 Å². The Morgan fingerprint density at radius 3 is 2.36 bits per heavy atom. The predicted molar refractivity (Wildman–Crippen MR) is 84.6 cm³/mol. The SMILES string of the molecule is CCOC(=O)c1c2cccc(Br)cc-2c(C(=O)OC)c1OC. The van der Waals surface area contributed by atoms with Gasteiger partial charge in [-0.2, -0.15) is 0 Å². The third kappa shape index (κ3) is 2.78. The second-order valence-electron chi connectivity index (χ2n) is 4.38. The van der Waals surface area contributed by atoms with Gasteiger partial charge in [-0.1, -0.05) is 28.1 Å². The molecule has 0 spiro atoms. The van der Waals surface area contributed by atoms with Crippen molar-refractivity contribution in [3.8, 4) is 16.9 Å². The van der Waals surface area contributed by atoms with Gasteiger partial charge in [0.05, 0.1) is 20.8 Å². The van der Waals surface area contributed by atoms with Crippen LogP contribution in [0.4, 0.5) is 0 Å². The first-order valence-electron chi connectivity index (χ1n) is 6.59. The first-order chi connectivity index (χ1) is 10.5. The largest absolute Gasteiger partial charge is 0.495 e. The zero-order valence-electron chi connectivity index (χ0n) is 12.4. The highest BCUT2D eigenvalue weighted by atomic mass is 79.9. The van der Waals surface area contributed by atoms with E-state index in [0.29, 0.717) is 11.1 Å². The Morgan fingerprint density at radius 1 is 1.09 bits per heavy atom. The van der Waals surface area contributed by atoms with E-state index in [1.807, 2.05) is 6.07 Å². The maximum Gasteiger partial charge on any atom is 0.342 e. The fraction of sp³-hybridized carbons (Fsp3) is 0.250. The van der Waals surface area contributed by atoms with Crippen LogP contribution in [0.2, 0.25) is 0 Å². The Hall–Kier alpha value is -2.08. The van der Waals surface area contributed by atoms with Crippen LogP contribution in [0.25, 0.3) is 11.1 Å². The molecule has 0 aliphatic heterocycles. The summed E-state index contributed by atoms with van der Waals surface area (Å²) in [5.74, 6) is -0.948. The number of rotatable bonds is 4. The molecular formula is C16H15BrO5. The van der Waals surface area contributed by atoms with Crippen LogP contribution in [0.5, 0.6) is 5.75 Å². The van der Waals surface area contributed by atoms with Crippen LogP contribution < -0.4 is 4.74 Å². The summed E-state index contributed by atoms with van der Waals surface area (Å²) >= 11 is 3.38.